The van der Waals surface area contributed by atoms with Crippen molar-refractivity contribution < 1.29 is 18.4 Å². The Morgan fingerprint density at radius 1 is 0.920 bits per heavy atom. The quantitative estimate of drug-likeness (QED) is 0.708. The second-order valence-corrected chi connectivity index (χ2v) is 6.26. The van der Waals surface area contributed by atoms with Crippen molar-refractivity contribution in [1.82, 2.24) is 10.6 Å². The summed E-state index contributed by atoms with van der Waals surface area (Å²) in [7, 11) is 0. The van der Waals surface area contributed by atoms with Crippen LogP contribution in [0, 0.1) is 11.6 Å². The molecule has 0 atom stereocenters. The number of amides is 2. The average Bonchev–Trinajstić information content (AvgIpc) is 2.61. The third-order valence-corrected chi connectivity index (χ3v) is 4.32. The summed E-state index contributed by atoms with van der Waals surface area (Å²) >= 11 is 1.49. The normalized spacial score (nSPS) is 10.3. The molecule has 0 saturated heterocycles. The van der Waals surface area contributed by atoms with Gasteiger partial charge in [0.2, 0.25) is 5.91 Å². The minimum absolute atomic E-state index is 0.101. The molecular weight excluding hydrogens is 346 g/mol. The fourth-order valence-corrected chi connectivity index (χ4v) is 2.87. The predicted molar refractivity (Wildman–Crippen MR) is 94.3 cm³/mol. The van der Waals surface area contributed by atoms with Gasteiger partial charge in [0.1, 0.15) is 11.6 Å². The SMILES string of the molecule is O=C(CNC(=O)c1ccccc1F)NCCSCc1ccccc1F. The van der Waals surface area contributed by atoms with Gasteiger partial charge in [-0.15, -0.1) is 0 Å². The van der Waals surface area contributed by atoms with Gasteiger partial charge < -0.3 is 10.6 Å². The lowest BCUT2D eigenvalue weighted by molar-refractivity contribution is -0.120. The van der Waals surface area contributed by atoms with Gasteiger partial charge in [0.05, 0.1) is 12.1 Å². The van der Waals surface area contributed by atoms with Crippen molar-refractivity contribution in [2.24, 2.45) is 0 Å². The molecule has 25 heavy (non-hydrogen) atoms. The molecule has 0 bridgehead atoms. The van der Waals surface area contributed by atoms with Gasteiger partial charge in [0, 0.05) is 18.1 Å². The molecule has 0 heterocycles. The van der Waals surface area contributed by atoms with E-state index in [4.69, 9.17) is 0 Å². The topological polar surface area (TPSA) is 58.2 Å². The highest BCUT2D eigenvalue weighted by Crippen LogP contribution is 2.14. The lowest BCUT2D eigenvalue weighted by Gasteiger charge is -2.08. The molecule has 0 spiro atoms. The van der Waals surface area contributed by atoms with Crippen LogP contribution in [-0.4, -0.2) is 30.7 Å². The first kappa shape index (κ1) is 18.9. The highest BCUT2D eigenvalue weighted by molar-refractivity contribution is 7.98. The van der Waals surface area contributed by atoms with Crippen LogP contribution >= 0.6 is 11.8 Å². The molecule has 0 fully saturated rings. The molecule has 7 heteroatoms. The number of thioether (sulfide) groups is 1. The number of hydrogen-bond acceptors (Lipinski definition) is 3. The van der Waals surface area contributed by atoms with E-state index in [-0.39, 0.29) is 23.8 Å². The van der Waals surface area contributed by atoms with Gasteiger partial charge in [0.15, 0.2) is 0 Å². The van der Waals surface area contributed by atoms with Gasteiger partial charge in [-0.1, -0.05) is 30.3 Å². The molecule has 0 aliphatic heterocycles. The van der Waals surface area contributed by atoms with E-state index in [9.17, 15) is 18.4 Å². The van der Waals surface area contributed by atoms with E-state index in [2.05, 4.69) is 10.6 Å². The van der Waals surface area contributed by atoms with Crippen molar-refractivity contribution >= 4 is 23.6 Å². The van der Waals surface area contributed by atoms with Crippen molar-refractivity contribution in [3.63, 3.8) is 0 Å². The van der Waals surface area contributed by atoms with E-state index in [0.29, 0.717) is 23.6 Å². The largest absolute Gasteiger partial charge is 0.354 e. The van der Waals surface area contributed by atoms with Crippen LogP contribution in [0.25, 0.3) is 0 Å². The smallest absolute Gasteiger partial charge is 0.254 e. The number of carbonyl (C=O) groups excluding carboxylic acids is 2. The fraction of sp³-hybridized carbons (Fsp3) is 0.222. The standard InChI is InChI=1S/C18H18F2N2O2S/c19-15-7-3-1-5-13(15)12-25-10-9-21-17(23)11-22-18(24)14-6-2-4-8-16(14)20/h1-8H,9-12H2,(H,21,23)(H,22,24). The molecule has 4 nitrogen and oxygen atoms in total. The van der Waals surface area contributed by atoms with E-state index < -0.39 is 11.7 Å². The molecule has 0 radical (unpaired) electrons. The first-order chi connectivity index (χ1) is 12.1. The maximum Gasteiger partial charge on any atom is 0.254 e. The Hall–Kier alpha value is -2.41. The number of hydrogen-bond donors (Lipinski definition) is 2. The Bertz CT molecular complexity index is 741. The number of halogens is 2. The second-order valence-electron chi connectivity index (χ2n) is 5.16. The van der Waals surface area contributed by atoms with Crippen LogP contribution in [0.15, 0.2) is 48.5 Å². The third-order valence-electron chi connectivity index (χ3n) is 3.31. The fourth-order valence-electron chi connectivity index (χ4n) is 2.02. The van der Waals surface area contributed by atoms with Gasteiger partial charge >= 0.3 is 0 Å². The summed E-state index contributed by atoms with van der Waals surface area (Å²) in [5.74, 6) is -0.744. The summed E-state index contributed by atoms with van der Waals surface area (Å²) in [6, 6.07) is 12.1. The molecule has 2 aromatic rings. The molecule has 0 saturated carbocycles. The first-order valence-corrected chi connectivity index (χ1v) is 8.84. The summed E-state index contributed by atoms with van der Waals surface area (Å²) in [6.07, 6.45) is 0. The van der Waals surface area contributed by atoms with Gasteiger partial charge in [-0.3, -0.25) is 9.59 Å². The number of benzene rings is 2. The molecule has 2 rings (SSSR count). The van der Waals surface area contributed by atoms with Crippen LogP contribution in [0.2, 0.25) is 0 Å². The number of nitrogens with one attached hydrogen (secondary N) is 2. The van der Waals surface area contributed by atoms with Crippen LogP contribution in [0.5, 0.6) is 0 Å². The minimum atomic E-state index is -0.637. The van der Waals surface area contributed by atoms with Crippen molar-refractivity contribution in [3.05, 3.63) is 71.3 Å². The van der Waals surface area contributed by atoms with E-state index >= 15 is 0 Å². The maximum absolute atomic E-state index is 13.4. The monoisotopic (exact) mass is 364 g/mol. The Kier molecular flexibility index (Phi) is 7.40. The first-order valence-electron chi connectivity index (χ1n) is 7.68. The Labute approximate surface area is 149 Å². The molecule has 2 amide bonds. The molecule has 0 aromatic heterocycles. The molecule has 0 aliphatic carbocycles. The zero-order valence-electron chi connectivity index (χ0n) is 13.4. The minimum Gasteiger partial charge on any atom is -0.354 e. The third kappa shape index (κ3) is 6.19. The Morgan fingerprint density at radius 3 is 2.32 bits per heavy atom. The van der Waals surface area contributed by atoms with Crippen LogP contribution in [0.3, 0.4) is 0 Å². The molecule has 132 valence electrons. The maximum atomic E-state index is 13.4. The summed E-state index contributed by atoms with van der Waals surface area (Å²) in [5, 5.41) is 5.01. The number of rotatable bonds is 8. The molecular formula is C18H18F2N2O2S. The van der Waals surface area contributed by atoms with Crippen LogP contribution in [-0.2, 0) is 10.5 Å². The van der Waals surface area contributed by atoms with Crippen molar-refractivity contribution in [2.45, 2.75) is 5.75 Å². The summed E-state index contributed by atoms with van der Waals surface area (Å²) in [4.78, 5) is 23.4. The van der Waals surface area contributed by atoms with Gasteiger partial charge in [0.25, 0.3) is 5.91 Å². The summed E-state index contributed by atoms with van der Waals surface area (Å²) in [6.45, 7) is 0.165. The Balaban J connectivity index is 1.62. The van der Waals surface area contributed by atoms with Crippen LogP contribution < -0.4 is 10.6 Å². The van der Waals surface area contributed by atoms with Crippen LogP contribution in [0.1, 0.15) is 15.9 Å². The second kappa shape index (κ2) is 9.78. The van der Waals surface area contributed by atoms with Crippen molar-refractivity contribution in [2.75, 3.05) is 18.8 Å². The zero-order valence-corrected chi connectivity index (χ0v) is 14.2. The number of carbonyl (C=O) groups is 2. The van der Waals surface area contributed by atoms with Gasteiger partial charge in [-0.25, -0.2) is 8.78 Å². The highest BCUT2D eigenvalue weighted by Gasteiger charge is 2.11. The lowest BCUT2D eigenvalue weighted by Crippen LogP contribution is -2.38. The summed E-state index contributed by atoms with van der Waals surface area (Å²) in [5.41, 5.74) is 0.520. The molecule has 2 N–H and O–H groups in total. The van der Waals surface area contributed by atoms with Gasteiger partial charge in [-0.05, 0) is 23.8 Å². The Morgan fingerprint density at radius 2 is 1.60 bits per heavy atom. The summed E-state index contributed by atoms with van der Waals surface area (Å²) < 4.78 is 26.9. The van der Waals surface area contributed by atoms with Gasteiger partial charge in [-0.2, -0.15) is 11.8 Å². The van der Waals surface area contributed by atoms with Crippen molar-refractivity contribution in [3.8, 4) is 0 Å². The van der Waals surface area contributed by atoms with E-state index in [0.717, 1.165) is 0 Å². The zero-order chi connectivity index (χ0) is 18.1. The molecule has 0 unspecified atom stereocenters. The van der Waals surface area contributed by atoms with Crippen molar-refractivity contribution in [1.29, 1.82) is 0 Å². The predicted octanol–water partition coefficient (Wildman–Crippen LogP) is 2.74. The molecule has 2 aromatic carbocycles. The molecule has 0 aliphatic rings. The van der Waals surface area contributed by atoms with E-state index in [1.807, 2.05) is 0 Å². The lowest BCUT2D eigenvalue weighted by atomic mass is 10.2. The average molecular weight is 364 g/mol. The van der Waals surface area contributed by atoms with Crippen LogP contribution in [0.4, 0.5) is 8.78 Å². The van der Waals surface area contributed by atoms with E-state index in [1.165, 1.54) is 36.0 Å². The van der Waals surface area contributed by atoms with E-state index in [1.54, 1.807) is 24.3 Å². The highest BCUT2D eigenvalue weighted by atomic mass is 32.2.